The fourth-order valence-corrected chi connectivity index (χ4v) is 4.32. The highest BCUT2D eigenvalue weighted by Crippen LogP contribution is 2.42. The summed E-state index contributed by atoms with van der Waals surface area (Å²) in [7, 11) is 0. The maximum absolute atomic E-state index is 13.2. The Labute approximate surface area is 186 Å². The fourth-order valence-electron chi connectivity index (χ4n) is 4.32. The van der Waals surface area contributed by atoms with E-state index in [0.717, 1.165) is 37.0 Å². The molecular formula is C27H34O4. The molecule has 0 spiro atoms. The molecule has 0 saturated heterocycles. The molecule has 0 aromatic heterocycles. The van der Waals surface area contributed by atoms with Crippen molar-refractivity contribution in [1.82, 2.24) is 0 Å². The number of benzene rings is 2. The van der Waals surface area contributed by atoms with Crippen molar-refractivity contribution >= 4 is 11.6 Å². The number of fused-ring (bicyclic) bond motifs is 1. The molecule has 3 rings (SSSR count). The maximum atomic E-state index is 13.2. The van der Waals surface area contributed by atoms with Crippen LogP contribution in [0.1, 0.15) is 74.4 Å². The fraction of sp³-hybridized carbons (Fsp3) is 0.481. The number of unbranched alkanes of at least 4 members (excludes halogenated alkanes) is 2. The van der Waals surface area contributed by atoms with Crippen LogP contribution in [0.4, 0.5) is 0 Å². The van der Waals surface area contributed by atoms with E-state index in [1.54, 1.807) is 6.92 Å². The molecule has 166 valence electrons. The van der Waals surface area contributed by atoms with Crippen LogP contribution in [0.15, 0.2) is 42.5 Å². The van der Waals surface area contributed by atoms with E-state index in [0.29, 0.717) is 30.8 Å². The number of aryl methyl sites for hydroxylation is 2. The summed E-state index contributed by atoms with van der Waals surface area (Å²) in [6, 6.07) is 14.3. The second-order valence-corrected chi connectivity index (χ2v) is 9.12. The topological polar surface area (TPSA) is 52.6 Å². The summed E-state index contributed by atoms with van der Waals surface area (Å²) in [6.45, 7) is 7.98. The van der Waals surface area contributed by atoms with Gasteiger partial charge in [-0.25, -0.2) is 0 Å². The van der Waals surface area contributed by atoms with Crippen molar-refractivity contribution in [1.29, 1.82) is 0 Å². The minimum atomic E-state index is -0.651. The van der Waals surface area contributed by atoms with Crippen LogP contribution in [0.5, 0.6) is 11.5 Å². The Balaban J connectivity index is 1.57. The lowest BCUT2D eigenvalue weighted by molar-refractivity contribution is -0.117. The highest BCUT2D eigenvalue weighted by Gasteiger charge is 2.43. The number of hydrogen-bond acceptors (Lipinski definition) is 4. The molecule has 31 heavy (non-hydrogen) atoms. The van der Waals surface area contributed by atoms with Gasteiger partial charge in [0, 0.05) is 12.5 Å². The zero-order valence-corrected chi connectivity index (χ0v) is 19.2. The molecule has 4 nitrogen and oxygen atoms in total. The lowest BCUT2D eigenvalue weighted by Crippen LogP contribution is -2.46. The molecule has 2 aromatic rings. The van der Waals surface area contributed by atoms with Gasteiger partial charge in [-0.2, -0.15) is 0 Å². The minimum absolute atomic E-state index is 0.0671. The Morgan fingerprint density at radius 2 is 1.84 bits per heavy atom. The van der Waals surface area contributed by atoms with Gasteiger partial charge in [0.2, 0.25) is 0 Å². The number of carbonyl (C=O) groups excluding carboxylic acids is 2. The summed E-state index contributed by atoms with van der Waals surface area (Å²) in [5.74, 6) is 1.17. The third-order valence-electron chi connectivity index (χ3n) is 6.05. The SMILES string of the molecule is CC(=O)CCC1C(=O)c2c(C)cc(OCCCCCc3ccccc3)cc2OC1(C)C. The van der Waals surface area contributed by atoms with Gasteiger partial charge in [0.25, 0.3) is 0 Å². The standard InChI is InChI=1S/C27H34O4/c1-19-17-22(30-16-10-6-9-13-21-11-7-5-8-12-21)18-24-25(19)26(29)23(15-14-20(2)28)27(3,4)31-24/h5,7-8,11-12,17-18,23H,6,9-10,13-16H2,1-4H3. The monoisotopic (exact) mass is 422 g/mol. The third kappa shape index (κ3) is 5.96. The highest BCUT2D eigenvalue weighted by molar-refractivity contribution is 6.03. The van der Waals surface area contributed by atoms with Gasteiger partial charge in [0.1, 0.15) is 22.9 Å². The van der Waals surface area contributed by atoms with Gasteiger partial charge >= 0.3 is 0 Å². The number of hydrogen-bond donors (Lipinski definition) is 0. The zero-order chi connectivity index (χ0) is 22.4. The Morgan fingerprint density at radius 3 is 2.55 bits per heavy atom. The number of carbonyl (C=O) groups is 2. The van der Waals surface area contributed by atoms with E-state index in [1.165, 1.54) is 5.56 Å². The first-order valence-corrected chi connectivity index (χ1v) is 11.3. The summed E-state index contributed by atoms with van der Waals surface area (Å²) >= 11 is 0. The first kappa shape index (κ1) is 23.1. The van der Waals surface area contributed by atoms with Crippen LogP contribution in [0.25, 0.3) is 0 Å². The lowest BCUT2D eigenvalue weighted by Gasteiger charge is -2.39. The third-order valence-corrected chi connectivity index (χ3v) is 6.05. The second kappa shape index (κ2) is 10.1. The van der Waals surface area contributed by atoms with E-state index < -0.39 is 5.60 Å². The molecule has 0 radical (unpaired) electrons. The number of rotatable bonds is 10. The Hall–Kier alpha value is -2.62. The molecule has 0 fully saturated rings. The average molecular weight is 423 g/mol. The van der Waals surface area contributed by atoms with Crippen molar-refractivity contribution in [2.24, 2.45) is 5.92 Å². The molecule has 0 amide bonds. The normalized spacial score (nSPS) is 17.0. The van der Waals surface area contributed by atoms with Crippen LogP contribution in [-0.2, 0) is 11.2 Å². The number of ketones is 2. The molecule has 1 heterocycles. The molecule has 1 aliphatic heterocycles. The van der Waals surface area contributed by atoms with Crippen molar-refractivity contribution in [3.8, 4) is 11.5 Å². The van der Waals surface area contributed by atoms with Crippen LogP contribution in [0.2, 0.25) is 0 Å². The van der Waals surface area contributed by atoms with Crippen molar-refractivity contribution in [3.63, 3.8) is 0 Å². The summed E-state index contributed by atoms with van der Waals surface area (Å²) in [6.07, 6.45) is 5.24. The number of ether oxygens (including phenoxy) is 2. The van der Waals surface area contributed by atoms with Crippen molar-refractivity contribution < 1.29 is 19.1 Å². The first-order chi connectivity index (χ1) is 14.8. The van der Waals surface area contributed by atoms with E-state index in [1.807, 2.05) is 39.0 Å². The van der Waals surface area contributed by atoms with Crippen LogP contribution in [-0.4, -0.2) is 23.8 Å². The molecule has 0 saturated carbocycles. The van der Waals surface area contributed by atoms with Gasteiger partial charge < -0.3 is 14.3 Å². The van der Waals surface area contributed by atoms with Gasteiger partial charge in [0.15, 0.2) is 5.78 Å². The summed E-state index contributed by atoms with van der Waals surface area (Å²) in [5.41, 5.74) is 2.22. The van der Waals surface area contributed by atoms with Gasteiger partial charge in [-0.3, -0.25) is 4.79 Å². The second-order valence-electron chi connectivity index (χ2n) is 9.12. The molecule has 2 aromatic carbocycles. The van der Waals surface area contributed by atoms with E-state index >= 15 is 0 Å². The van der Waals surface area contributed by atoms with Crippen molar-refractivity contribution in [2.45, 2.75) is 71.8 Å². The molecule has 0 aliphatic carbocycles. The quantitative estimate of drug-likeness (QED) is 0.433. The van der Waals surface area contributed by atoms with E-state index in [2.05, 4.69) is 24.3 Å². The predicted molar refractivity (Wildman–Crippen MR) is 123 cm³/mol. The van der Waals surface area contributed by atoms with E-state index in [4.69, 9.17) is 9.47 Å². The maximum Gasteiger partial charge on any atom is 0.173 e. The Kier molecular flexibility index (Phi) is 7.53. The molecular weight excluding hydrogens is 388 g/mol. The van der Waals surface area contributed by atoms with Gasteiger partial charge in [-0.05, 0) is 77.0 Å². The Morgan fingerprint density at radius 1 is 1.10 bits per heavy atom. The van der Waals surface area contributed by atoms with Gasteiger partial charge in [-0.1, -0.05) is 30.3 Å². The number of Topliss-reactive ketones (excluding diaryl/α,β-unsaturated/α-hetero) is 2. The molecule has 0 N–H and O–H groups in total. The average Bonchev–Trinajstić information content (AvgIpc) is 2.69. The van der Waals surface area contributed by atoms with Crippen molar-refractivity contribution in [3.05, 3.63) is 59.2 Å². The molecule has 1 aliphatic rings. The molecule has 1 unspecified atom stereocenters. The van der Waals surface area contributed by atoms with Gasteiger partial charge in [0.05, 0.1) is 18.1 Å². The Bertz CT molecular complexity index is 914. The molecule has 1 atom stereocenters. The highest BCUT2D eigenvalue weighted by atomic mass is 16.5. The molecule has 0 bridgehead atoms. The summed E-state index contributed by atoms with van der Waals surface area (Å²) < 4.78 is 12.2. The van der Waals surface area contributed by atoms with Gasteiger partial charge in [-0.15, -0.1) is 0 Å². The summed E-state index contributed by atoms with van der Waals surface area (Å²) in [5, 5.41) is 0. The predicted octanol–water partition coefficient (Wildman–Crippen LogP) is 6.13. The minimum Gasteiger partial charge on any atom is -0.493 e. The molecule has 4 heteroatoms. The lowest BCUT2D eigenvalue weighted by atomic mass is 9.77. The zero-order valence-electron chi connectivity index (χ0n) is 19.2. The van der Waals surface area contributed by atoms with Crippen LogP contribution >= 0.6 is 0 Å². The largest absolute Gasteiger partial charge is 0.493 e. The van der Waals surface area contributed by atoms with Crippen LogP contribution in [0.3, 0.4) is 0 Å². The smallest absolute Gasteiger partial charge is 0.173 e. The van der Waals surface area contributed by atoms with E-state index in [9.17, 15) is 9.59 Å². The van der Waals surface area contributed by atoms with Crippen LogP contribution < -0.4 is 9.47 Å². The van der Waals surface area contributed by atoms with E-state index in [-0.39, 0.29) is 17.5 Å². The van der Waals surface area contributed by atoms with Crippen LogP contribution in [0, 0.1) is 12.8 Å². The summed E-state index contributed by atoms with van der Waals surface area (Å²) in [4.78, 5) is 24.6. The first-order valence-electron chi connectivity index (χ1n) is 11.3. The van der Waals surface area contributed by atoms with Crippen molar-refractivity contribution in [2.75, 3.05) is 6.61 Å².